The molecule has 0 fully saturated rings. The molecule has 0 amide bonds. The van der Waals surface area contributed by atoms with Crippen LogP contribution in [0.1, 0.15) is 54.4 Å². The van der Waals surface area contributed by atoms with E-state index in [-0.39, 0.29) is 11.0 Å². The molecule has 0 saturated carbocycles. The molecule has 0 aromatic heterocycles. The van der Waals surface area contributed by atoms with E-state index < -0.39 is 0 Å². The van der Waals surface area contributed by atoms with Gasteiger partial charge in [0.2, 0.25) is 0 Å². The van der Waals surface area contributed by atoms with Crippen molar-refractivity contribution in [1.29, 1.82) is 0 Å². The van der Waals surface area contributed by atoms with Crippen molar-refractivity contribution < 1.29 is 0 Å². The molecule has 0 radical (unpaired) electrons. The van der Waals surface area contributed by atoms with Crippen molar-refractivity contribution in [1.82, 2.24) is 0 Å². The summed E-state index contributed by atoms with van der Waals surface area (Å²) < 4.78 is 0. The van der Waals surface area contributed by atoms with E-state index in [4.69, 9.17) is 5.73 Å². The molecule has 0 aromatic rings. The van der Waals surface area contributed by atoms with Crippen molar-refractivity contribution in [2.24, 2.45) is 11.1 Å². The van der Waals surface area contributed by atoms with E-state index in [0.29, 0.717) is 0 Å². The van der Waals surface area contributed by atoms with E-state index in [2.05, 4.69) is 47.6 Å². The lowest BCUT2D eigenvalue weighted by molar-refractivity contribution is 0.191. The van der Waals surface area contributed by atoms with Gasteiger partial charge in [0.15, 0.2) is 0 Å². The zero-order valence-electron chi connectivity index (χ0n) is 10.1. The number of allylic oxidation sites excluding steroid dienone is 1. The zero-order chi connectivity index (χ0) is 10.7. The first kappa shape index (κ1) is 12.7. The Kier molecular flexibility index (Phi) is 4.18. The van der Waals surface area contributed by atoms with E-state index in [0.717, 1.165) is 12.8 Å². The molecule has 0 saturated heterocycles. The van der Waals surface area contributed by atoms with Gasteiger partial charge in [-0.15, -0.1) is 0 Å². The fraction of sp³-hybridized carbons (Fsp3) is 0.833. The van der Waals surface area contributed by atoms with E-state index in [9.17, 15) is 0 Å². The molecule has 2 atom stereocenters. The standard InChI is InChI=1S/C12H25N/c1-7-10(4)11(5,8-2)12(6,13)9-3/h7H,8-9,13H2,1-6H3/b10-7+/t11?,12-/m1/s1. The summed E-state index contributed by atoms with van der Waals surface area (Å²) in [6.07, 6.45) is 4.30. The number of hydrogen-bond donors (Lipinski definition) is 1. The molecule has 13 heavy (non-hydrogen) atoms. The third kappa shape index (κ3) is 2.14. The first-order chi connectivity index (χ1) is 5.85. The maximum atomic E-state index is 6.34. The Morgan fingerprint density at radius 1 is 1.23 bits per heavy atom. The van der Waals surface area contributed by atoms with Gasteiger partial charge in [0.1, 0.15) is 0 Å². The van der Waals surface area contributed by atoms with Crippen LogP contribution in [0, 0.1) is 5.41 Å². The summed E-state index contributed by atoms with van der Waals surface area (Å²) in [5.41, 5.74) is 7.78. The Hall–Kier alpha value is -0.300. The molecule has 1 heteroatoms. The molecule has 0 rings (SSSR count). The topological polar surface area (TPSA) is 26.0 Å². The molecule has 0 aliphatic rings. The molecule has 2 N–H and O–H groups in total. The van der Waals surface area contributed by atoms with Crippen LogP contribution < -0.4 is 5.73 Å². The van der Waals surface area contributed by atoms with Gasteiger partial charge in [-0.25, -0.2) is 0 Å². The average Bonchev–Trinajstić information content (AvgIpc) is 2.14. The lowest BCUT2D eigenvalue weighted by Crippen LogP contribution is -2.51. The van der Waals surface area contributed by atoms with Gasteiger partial charge in [-0.2, -0.15) is 0 Å². The lowest BCUT2D eigenvalue weighted by atomic mass is 9.65. The minimum Gasteiger partial charge on any atom is -0.325 e. The Morgan fingerprint density at radius 2 is 1.69 bits per heavy atom. The molecule has 0 heterocycles. The van der Waals surface area contributed by atoms with E-state index >= 15 is 0 Å². The molecule has 0 bridgehead atoms. The first-order valence-corrected chi connectivity index (χ1v) is 5.28. The predicted octanol–water partition coefficient (Wildman–Crippen LogP) is 3.50. The quantitative estimate of drug-likeness (QED) is 0.663. The Morgan fingerprint density at radius 3 is 1.92 bits per heavy atom. The summed E-state index contributed by atoms with van der Waals surface area (Å²) >= 11 is 0. The maximum absolute atomic E-state index is 6.34. The van der Waals surface area contributed by atoms with Crippen LogP contribution in [0.25, 0.3) is 0 Å². The van der Waals surface area contributed by atoms with Crippen molar-refractivity contribution in [2.75, 3.05) is 0 Å². The minimum absolute atomic E-state index is 0.0989. The van der Waals surface area contributed by atoms with Crippen LogP contribution in [-0.4, -0.2) is 5.54 Å². The van der Waals surface area contributed by atoms with Gasteiger partial charge in [0.05, 0.1) is 0 Å². The monoisotopic (exact) mass is 183 g/mol. The van der Waals surface area contributed by atoms with Crippen molar-refractivity contribution in [2.45, 2.75) is 59.9 Å². The normalized spacial score (nSPS) is 22.2. The number of nitrogens with two attached hydrogens (primary N) is 1. The minimum atomic E-state index is -0.0989. The van der Waals surface area contributed by atoms with Gasteiger partial charge in [-0.3, -0.25) is 0 Å². The van der Waals surface area contributed by atoms with Gasteiger partial charge in [0.25, 0.3) is 0 Å². The molecule has 1 nitrogen and oxygen atoms in total. The highest BCUT2D eigenvalue weighted by Gasteiger charge is 2.39. The molecule has 1 unspecified atom stereocenters. The second-order valence-corrected chi connectivity index (χ2v) is 4.43. The van der Waals surface area contributed by atoms with Crippen LogP contribution in [0.5, 0.6) is 0 Å². The average molecular weight is 183 g/mol. The van der Waals surface area contributed by atoms with E-state index in [1.54, 1.807) is 0 Å². The van der Waals surface area contributed by atoms with Crippen molar-refractivity contribution in [3.05, 3.63) is 11.6 Å². The van der Waals surface area contributed by atoms with Gasteiger partial charge >= 0.3 is 0 Å². The molecular weight excluding hydrogens is 158 g/mol. The summed E-state index contributed by atoms with van der Waals surface area (Å²) in [5, 5.41) is 0. The molecule has 0 aliphatic heterocycles. The van der Waals surface area contributed by atoms with Gasteiger partial charge in [-0.05, 0) is 33.6 Å². The van der Waals surface area contributed by atoms with Crippen LogP contribution in [0.4, 0.5) is 0 Å². The summed E-state index contributed by atoms with van der Waals surface area (Å²) in [5.74, 6) is 0. The second kappa shape index (κ2) is 4.28. The highest BCUT2D eigenvalue weighted by atomic mass is 14.8. The highest BCUT2D eigenvalue weighted by Crippen LogP contribution is 2.41. The number of rotatable bonds is 4. The summed E-state index contributed by atoms with van der Waals surface area (Å²) in [4.78, 5) is 0. The van der Waals surface area contributed by atoms with Crippen molar-refractivity contribution in [3.63, 3.8) is 0 Å². The second-order valence-electron chi connectivity index (χ2n) is 4.43. The predicted molar refractivity (Wildman–Crippen MR) is 60.7 cm³/mol. The first-order valence-electron chi connectivity index (χ1n) is 5.28. The third-order valence-corrected chi connectivity index (χ3v) is 4.01. The SMILES string of the molecule is C/C=C(\C)C(C)(CC)[C@](C)(N)CC. The zero-order valence-corrected chi connectivity index (χ0v) is 10.1. The largest absolute Gasteiger partial charge is 0.325 e. The summed E-state index contributed by atoms with van der Waals surface area (Å²) in [6, 6.07) is 0. The fourth-order valence-corrected chi connectivity index (χ4v) is 1.84. The van der Waals surface area contributed by atoms with Crippen molar-refractivity contribution >= 4 is 0 Å². The lowest BCUT2D eigenvalue weighted by Gasteiger charge is -2.44. The van der Waals surface area contributed by atoms with Crippen LogP contribution >= 0.6 is 0 Å². The van der Waals surface area contributed by atoms with Gasteiger partial charge < -0.3 is 5.73 Å². The Balaban J connectivity index is 5.05. The van der Waals surface area contributed by atoms with Crippen LogP contribution in [0.15, 0.2) is 11.6 Å². The Labute approximate surface area is 83.4 Å². The molecule has 0 aromatic carbocycles. The molecule has 78 valence electrons. The number of hydrogen-bond acceptors (Lipinski definition) is 1. The molecule has 0 aliphatic carbocycles. The van der Waals surface area contributed by atoms with Crippen LogP contribution in [0.3, 0.4) is 0 Å². The third-order valence-electron chi connectivity index (χ3n) is 4.01. The maximum Gasteiger partial charge on any atom is 0.0214 e. The van der Waals surface area contributed by atoms with Crippen LogP contribution in [0.2, 0.25) is 0 Å². The fourth-order valence-electron chi connectivity index (χ4n) is 1.84. The van der Waals surface area contributed by atoms with Crippen LogP contribution in [-0.2, 0) is 0 Å². The van der Waals surface area contributed by atoms with Gasteiger partial charge in [-0.1, -0.05) is 32.4 Å². The molecule has 0 spiro atoms. The smallest absolute Gasteiger partial charge is 0.0214 e. The summed E-state index contributed by atoms with van der Waals surface area (Å²) in [7, 11) is 0. The van der Waals surface area contributed by atoms with Crippen molar-refractivity contribution in [3.8, 4) is 0 Å². The molecular formula is C12H25N. The summed E-state index contributed by atoms with van der Waals surface area (Å²) in [6.45, 7) is 13.1. The highest BCUT2D eigenvalue weighted by molar-refractivity contribution is 5.17. The van der Waals surface area contributed by atoms with E-state index in [1.165, 1.54) is 5.57 Å². The van der Waals surface area contributed by atoms with Gasteiger partial charge in [0, 0.05) is 11.0 Å². The Bertz CT molecular complexity index is 191. The van der Waals surface area contributed by atoms with E-state index in [1.807, 2.05) is 0 Å².